The number of ether oxygens (including phenoxy) is 2. The SMILES string of the molecule is COc1ccc(C(=O)CC2CCOCC2)cc1Br. The maximum Gasteiger partial charge on any atom is 0.163 e. The van der Waals surface area contributed by atoms with Crippen molar-refractivity contribution in [2.45, 2.75) is 19.3 Å². The molecule has 0 aliphatic carbocycles. The van der Waals surface area contributed by atoms with E-state index < -0.39 is 0 Å². The smallest absolute Gasteiger partial charge is 0.163 e. The Bertz CT molecular complexity index is 425. The molecule has 1 aromatic rings. The minimum atomic E-state index is 0.199. The Morgan fingerprint density at radius 2 is 2.17 bits per heavy atom. The largest absolute Gasteiger partial charge is 0.496 e. The van der Waals surface area contributed by atoms with Crippen LogP contribution >= 0.6 is 15.9 Å². The molecule has 1 aliphatic heterocycles. The van der Waals surface area contributed by atoms with Crippen LogP contribution in [0.1, 0.15) is 29.6 Å². The normalized spacial score (nSPS) is 16.6. The van der Waals surface area contributed by atoms with E-state index in [2.05, 4.69) is 15.9 Å². The van der Waals surface area contributed by atoms with Gasteiger partial charge in [0.05, 0.1) is 11.6 Å². The molecule has 1 saturated heterocycles. The lowest BCUT2D eigenvalue weighted by atomic mass is 9.92. The number of halogens is 1. The Morgan fingerprint density at radius 3 is 2.78 bits per heavy atom. The lowest BCUT2D eigenvalue weighted by Gasteiger charge is -2.21. The fraction of sp³-hybridized carbons (Fsp3) is 0.500. The van der Waals surface area contributed by atoms with Gasteiger partial charge in [0.15, 0.2) is 5.78 Å². The molecule has 2 rings (SSSR count). The number of hydrogen-bond donors (Lipinski definition) is 0. The number of benzene rings is 1. The molecule has 1 aromatic carbocycles. The van der Waals surface area contributed by atoms with E-state index in [-0.39, 0.29) is 5.78 Å². The van der Waals surface area contributed by atoms with Gasteiger partial charge in [-0.2, -0.15) is 0 Å². The summed E-state index contributed by atoms with van der Waals surface area (Å²) in [5, 5.41) is 0. The maximum absolute atomic E-state index is 12.2. The van der Waals surface area contributed by atoms with Crippen molar-refractivity contribution in [1.29, 1.82) is 0 Å². The van der Waals surface area contributed by atoms with Gasteiger partial charge in [-0.1, -0.05) is 0 Å². The number of methoxy groups -OCH3 is 1. The standard InChI is InChI=1S/C14H17BrO3/c1-17-14-3-2-11(9-12(14)15)13(16)8-10-4-6-18-7-5-10/h2-3,9-10H,4-8H2,1H3. The highest BCUT2D eigenvalue weighted by Crippen LogP contribution is 2.27. The summed E-state index contributed by atoms with van der Waals surface area (Å²) in [6.45, 7) is 1.56. The molecule has 0 amide bonds. The lowest BCUT2D eigenvalue weighted by molar-refractivity contribution is 0.0601. The molecule has 1 heterocycles. The number of ketones is 1. The molecule has 0 saturated carbocycles. The van der Waals surface area contributed by atoms with Crippen LogP contribution in [0.15, 0.2) is 22.7 Å². The van der Waals surface area contributed by atoms with Gasteiger partial charge in [0.2, 0.25) is 0 Å². The molecule has 0 N–H and O–H groups in total. The van der Waals surface area contributed by atoms with Crippen LogP contribution in [-0.4, -0.2) is 26.1 Å². The molecule has 18 heavy (non-hydrogen) atoms. The maximum atomic E-state index is 12.2. The fourth-order valence-electron chi connectivity index (χ4n) is 2.17. The van der Waals surface area contributed by atoms with Gasteiger partial charge >= 0.3 is 0 Å². The van der Waals surface area contributed by atoms with E-state index in [9.17, 15) is 4.79 Å². The molecule has 3 nitrogen and oxygen atoms in total. The highest BCUT2D eigenvalue weighted by molar-refractivity contribution is 9.10. The first kappa shape index (κ1) is 13.6. The van der Waals surface area contributed by atoms with E-state index in [1.54, 1.807) is 7.11 Å². The summed E-state index contributed by atoms with van der Waals surface area (Å²) < 4.78 is 11.3. The number of carbonyl (C=O) groups is 1. The summed E-state index contributed by atoms with van der Waals surface area (Å²) in [6.07, 6.45) is 2.59. The number of hydrogen-bond acceptors (Lipinski definition) is 3. The Labute approximate surface area is 116 Å². The van der Waals surface area contributed by atoms with Crippen molar-refractivity contribution < 1.29 is 14.3 Å². The van der Waals surface area contributed by atoms with Crippen molar-refractivity contribution in [3.05, 3.63) is 28.2 Å². The van der Waals surface area contributed by atoms with Crippen LogP contribution < -0.4 is 4.74 Å². The Hall–Kier alpha value is -0.870. The molecule has 0 atom stereocenters. The summed E-state index contributed by atoms with van der Waals surface area (Å²) >= 11 is 3.40. The summed E-state index contributed by atoms with van der Waals surface area (Å²) in [5.41, 5.74) is 0.745. The fourth-order valence-corrected chi connectivity index (χ4v) is 2.71. The Kier molecular flexibility index (Phi) is 4.78. The molecular formula is C14H17BrO3. The zero-order valence-corrected chi connectivity index (χ0v) is 12.0. The molecule has 0 unspecified atom stereocenters. The third kappa shape index (κ3) is 3.33. The first-order valence-electron chi connectivity index (χ1n) is 6.15. The second-order valence-electron chi connectivity index (χ2n) is 4.53. The minimum Gasteiger partial charge on any atom is -0.496 e. The van der Waals surface area contributed by atoms with Gasteiger partial charge < -0.3 is 9.47 Å². The molecule has 0 radical (unpaired) electrons. The Balaban J connectivity index is 2.01. The van der Waals surface area contributed by atoms with Crippen LogP contribution in [0.4, 0.5) is 0 Å². The van der Waals surface area contributed by atoms with Gasteiger partial charge in [-0.05, 0) is 52.9 Å². The molecule has 1 fully saturated rings. The van der Waals surface area contributed by atoms with Gasteiger partial charge in [0.1, 0.15) is 5.75 Å². The van der Waals surface area contributed by atoms with Gasteiger partial charge in [0.25, 0.3) is 0 Å². The highest BCUT2D eigenvalue weighted by atomic mass is 79.9. The van der Waals surface area contributed by atoms with Gasteiger partial charge in [0, 0.05) is 25.2 Å². The first-order chi connectivity index (χ1) is 8.70. The number of rotatable bonds is 4. The summed E-state index contributed by atoms with van der Waals surface area (Å²) in [6, 6.07) is 5.48. The number of Topliss-reactive ketones (excluding diaryl/α,β-unsaturated/α-hetero) is 1. The quantitative estimate of drug-likeness (QED) is 0.799. The predicted octanol–water partition coefficient (Wildman–Crippen LogP) is 3.46. The Morgan fingerprint density at radius 1 is 1.44 bits per heavy atom. The van der Waals surface area contributed by atoms with Gasteiger partial charge in [-0.25, -0.2) is 0 Å². The summed E-state index contributed by atoms with van der Waals surface area (Å²) in [4.78, 5) is 12.2. The average Bonchev–Trinajstić information content (AvgIpc) is 2.39. The van der Waals surface area contributed by atoms with Crippen LogP contribution in [0.2, 0.25) is 0 Å². The third-order valence-electron chi connectivity index (χ3n) is 3.29. The van der Waals surface area contributed by atoms with E-state index in [1.165, 1.54) is 0 Å². The van der Waals surface area contributed by atoms with Gasteiger partial charge in [-0.3, -0.25) is 4.79 Å². The van der Waals surface area contributed by atoms with E-state index in [1.807, 2.05) is 18.2 Å². The van der Waals surface area contributed by atoms with Crippen molar-refractivity contribution in [2.75, 3.05) is 20.3 Å². The van der Waals surface area contributed by atoms with Crippen molar-refractivity contribution in [3.8, 4) is 5.75 Å². The van der Waals surface area contributed by atoms with Gasteiger partial charge in [-0.15, -0.1) is 0 Å². The summed E-state index contributed by atoms with van der Waals surface area (Å²) in [7, 11) is 1.61. The molecule has 0 spiro atoms. The van der Waals surface area contributed by atoms with Crippen LogP contribution in [0, 0.1) is 5.92 Å². The second-order valence-corrected chi connectivity index (χ2v) is 5.39. The minimum absolute atomic E-state index is 0.199. The third-order valence-corrected chi connectivity index (χ3v) is 3.91. The summed E-state index contributed by atoms with van der Waals surface area (Å²) in [5.74, 6) is 1.41. The molecular weight excluding hydrogens is 296 g/mol. The molecule has 1 aliphatic rings. The highest BCUT2D eigenvalue weighted by Gasteiger charge is 2.18. The zero-order chi connectivity index (χ0) is 13.0. The van der Waals surface area contributed by atoms with Crippen molar-refractivity contribution in [1.82, 2.24) is 0 Å². The number of carbonyl (C=O) groups excluding carboxylic acids is 1. The van der Waals surface area contributed by atoms with E-state index in [4.69, 9.17) is 9.47 Å². The van der Waals surface area contributed by atoms with E-state index in [0.29, 0.717) is 12.3 Å². The van der Waals surface area contributed by atoms with Crippen LogP contribution in [0.3, 0.4) is 0 Å². The predicted molar refractivity (Wildman–Crippen MR) is 73.2 cm³/mol. The molecule has 0 aromatic heterocycles. The lowest BCUT2D eigenvalue weighted by Crippen LogP contribution is -2.18. The van der Waals surface area contributed by atoms with Crippen molar-refractivity contribution >= 4 is 21.7 Å². The zero-order valence-electron chi connectivity index (χ0n) is 10.4. The van der Waals surface area contributed by atoms with Crippen LogP contribution in [0.5, 0.6) is 5.75 Å². The van der Waals surface area contributed by atoms with E-state index >= 15 is 0 Å². The second kappa shape index (κ2) is 6.34. The average molecular weight is 313 g/mol. The van der Waals surface area contributed by atoms with Crippen molar-refractivity contribution in [2.24, 2.45) is 5.92 Å². The topological polar surface area (TPSA) is 35.5 Å². The molecule has 0 bridgehead atoms. The molecule has 98 valence electrons. The monoisotopic (exact) mass is 312 g/mol. The van der Waals surface area contributed by atoms with Crippen molar-refractivity contribution in [3.63, 3.8) is 0 Å². The van der Waals surface area contributed by atoms with Crippen LogP contribution in [-0.2, 0) is 4.74 Å². The van der Waals surface area contributed by atoms with Crippen LogP contribution in [0.25, 0.3) is 0 Å². The van der Waals surface area contributed by atoms with E-state index in [0.717, 1.165) is 41.8 Å². The first-order valence-corrected chi connectivity index (χ1v) is 6.94. The molecule has 4 heteroatoms.